The largest absolute Gasteiger partial charge is 0.319 e. The number of hydrogen-bond acceptors (Lipinski definition) is 4. The molecule has 2 rings (SSSR count). The first kappa shape index (κ1) is 11.1. The van der Waals surface area contributed by atoms with Crippen molar-refractivity contribution in [3.05, 3.63) is 26.2 Å². The Morgan fingerprint density at radius 2 is 2.27 bits per heavy atom. The molecule has 1 N–H and O–H groups in total. The highest BCUT2D eigenvalue weighted by molar-refractivity contribution is 7.14. The van der Waals surface area contributed by atoms with E-state index in [9.17, 15) is 0 Å². The van der Waals surface area contributed by atoms with Gasteiger partial charge in [-0.25, -0.2) is 4.98 Å². The quantitative estimate of drug-likeness (QED) is 0.910. The Bertz CT molecular complexity index is 436. The Kier molecular flexibility index (Phi) is 3.75. The van der Waals surface area contributed by atoms with E-state index in [1.54, 1.807) is 22.7 Å². The van der Waals surface area contributed by atoms with Gasteiger partial charge in [-0.3, -0.25) is 0 Å². The van der Waals surface area contributed by atoms with Gasteiger partial charge in [-0.2, -0.15) is 0 Å². The summed E-state index contributed by atoms with van der Waals surface area (Å²) < 4.78 is 0.815. The number of thiazole rings is 1. The van der Waals surface area contributed by atoms with Gasteiger partial charge in [-0.1, -0.05) is 11.6 Å². The van der Waals surface area contributed by atoms with Crippen molar-refractivity contribution in [1.82, 2.24) is 10.3 Å². The Morgan fingerprint density at radius 3 is 2.93 bits per heavy atom. The van der Waals surface area contributed by atoms with E-state index in [1.165, 1.54) is 5.01 Å². The van der Waals surface area contributed by atoms with Crippen molar-refractivity contribution >= 4 is 34.3 Å². The standard InChI is InChI=1S/C10H11ClN2S2/c1-12-3-2-10-13-8(6-15-10)7-4-9(11)14-5-7/h4-6,12H,2-3H2,1H3. The molecule has 15 heavy (non-hydrogen) atoms. The second-order valence-corrected chi connectivity index (χ2v) is 5.60. The third-order valence-electron chi connectivity index (χ3n) is 2.00. The summed E-state index contributed by atoms with van der Waals surface area (Å²) in [7, 11) is 1.95. The molecule has 2 heterocycles. The average Bonchev–Trinajstić information content (AvgIpc) is 2.83. The van der Waals surface area contributed by atoms with Crippen molar-refractivity contribution in [2.45, 2.75) is 6.42 Å². The minimum Gasteiger partial charge on any atom is -0.319 e. The summed E-state index contributed by atoms with van der Waals surface area (Å²) in [6, 6.07) is 1.96. The Balaban J connectivity index is 2.13. The van der Waals surface area contributed by atoms with Gasteiger partial charge in [-0.05, 0) is 13.1 Å². The smallest absolute Gasteiger partial charge is 0.0945 e. The summed E-state index contributed by atoms with van der Waals surface area (Å²) in [6.45, 7) is 0.970. The number of likely N-dealkylation sites (N-methyl/N-ethyl adjacent to an activating group) is 1. The summed E-state index contributed by atoms with van der Waals surface area (Å²) in [6.07, 6.45) is 0.985. The zero-order valence-corrected chi connectivity index (χ0v) is 10.7. The molecule has 0 saturated carbocycles. The van der Waals surface area contributed by atoms with Crippen molar-refractivity contribution in [2.24, 2.45) is 0 Å². The van der Waals surface area contributed by atoms with Crippen LogP contribution in [-0.2, 0) is 6.42 Å². The zero-order valence-electron chi connectivity index (χ0n) is 8.29. The number of rotatable bonds is 4. The topological polar surface area (TPSA) is 24.9 Å². The van der Waals surface area contributed by atoms with Crippen LogP contribution in [-0.4, -0.2) is 18.6 Å². The van der Waals surface area contributed by atoms with Gasteiger partial charge in [-0.15, -0.1) is 22.7 Å². The fourth-order valence-electron chi connectivity index (χ4n) is 1.23. The van der Waals surface area contributed by atoms with E-state index >= 15 is 0 Å². The fourth-order valence-corrected chi connectivity index (χ4v) is 2.92. The zero-order chi connectivity index (χ0) is 10.7. The number of halogens is 1. The number of aromatic nitrogens is 1. The molecule has 0 bridgehead atoms. The summed E-state index contributed by atoms with van der Waals surface area (Å²) in [5.41, 5.74) is 2.16. The molecule has 2 nitrogen and oxygen atoms in total. The molecular formula is C10H11ClN2S2. The maximum atomic E-state index is 5.88. The van der Waals surface area contributed by atoms with E-state index in [0.717, 1.165) is 28.6 Å². The summed E-state index contributed by atoms with van der Waals surface area (Å²) in [5.74, 6) is 0. The predicted octanol–water partition coefficient (Wildman–Crippen LogP) is 3.29. The molecule has 0 aliphatic heterocycles. The lowest BCUT2D eigenvalue weighted by Crippen LogP contribution is -2.09. The van der Waals surface area contributed by atoms with Crippen LogP contribution in [0.4, 0.5) is 0 Å². The van der Waals surface area contributed by atoms with Gasteiger partial charge in [0.05, 0.1) is 15.0 Å². The van der Waals surface area contributed by atoms with E-state index in [-0.39, 0.29) is 0 Å². The lowest BCUT2D eigenvalue weighted by atomic mass is 10.3. The second kappa shape index (κ2) is 5.07. The monoisotopic (exact) mass is 258 g/mol. The number of nitrogens with zero attached hydrogens (tertiary/aromatic N) is 1. The molecule has 2 aromatic heterocycles. The first-order valence-electron chi connectivity index (χ1n) is 4.63. The molecule has 0 radical (unpaired) electrons. The van der Waals surface area contributed by atoms with Gasteiger partial charge in [0.25, 0.3) is 0 Å². The lowest BCUT2D eigenvalue weighted by Gasteiger charge is -1.93. The fraction of sp³-hybridized carbons (Fsp3) is 0.300. The van der Waals surface area contributed by atoms with Gasteiger partial charge in [0.1, 0.15) is 0 Å². The van der Waals surface area contributed by atoms with Crippen LogP contribution >= 0.6 is 34.3 Å². The van der Waals surface area contributed by atoms with Gasteiger partial charge < -0.3 is 5.32 Å². The molecule has 0 aliphatic carbocycles. The second-order valence-electron chi connectivity index (χ2n) is 3.12. The van der Waals surface area contributed by atoms with Gasteiger partial charge in [0.2, 0.25) is 0 Å². The van der Waals surface area contributed by atoms with Crippen molar-refractivity contribution < 1.29 is 0 Å². The van der Waals surface area contributed by atoms with Crippen LogP contribution in [0.2, 0.25) is 4.34 Å². The summed E-state index contributed by atoms with van der Waals surface area (Å²) in [5, 5.41) is 8.41. The van der Waals surface area contributed by atoms with E-state index in [2.05, 4.69) is 15.7 Å². The highest BCUT2D eigenvalue weighted by Crippen LogP contribution is 2.29. The van der Waals surface area contributed by atoms with Crippen LogP contribution in [0.3, 0.4) is 0 Å². The third-order valence-corrected chi connectivity index (χ3v) is 4.00. The third kappa shape index (κ3) is 2.78. The minimum absolute atomic E-state index is 0.815. The maximum absolute atomic E-state index is 5.88. The van der Waals surface area contributed by atoms with E-state index in [4.69, 9.17) is 11.6 Å². The van der Waals surface area contributed by atoms with E-state index in [0.29, 0.717) is 0 Å². The highest BCUT2D eigenvalue weighted by atomic mass is 35.5. The normalized spacial score (nSPS) is 10.8. The molecule has 0 fully saturated rings. The molecule has 2 aromatic rings. The number of hydrogen-bond donors (Lipinski definition) is 1. The molecule has 0 unspecified atom stereocenters. The molecule has 0 aliphatic rings. The van der Waals surface area contributed by atoms with E-state index < -0.39 is 0 Å². The Hall–Kier alpha value is -0.420. The SMILES string of the molecule is CNCCc1nc(-c2csc(Cl)c2)cs1. The maximum Gasteiger partial charge on any atom is 0.0945 e. The van der Waals surface area contributed by atoms with Crippen molar-refractivity contribution in [1.29, 1.82) is 0 Å². The minimum atomic E-state index is 0.815. The number of nitrogens with one attached hydrogen (secondary N) is 1. The van der Waals surface area contributed by atoms with Crippen LogP contribution in [0.15, 0.2) is 16.8 Å². The lowest BCUT2D eigenvalue weighted by molar-refractivity contribution is 0.788. The van der Waals surface area contributed by atoms with Gasteiger partial charge >= 0.3 is 0 Å². The molecule has 0 saturated heterocycles. The van der Waals surface area contributed by atoms with Crippen LogP contribution in [0, 0.1) is 0 Å². The highest BCUT2D eigenvalue weighted by Gasteiger charge is 2.05. The molecule has 5 heteroatoms. The first-order valence-corrected chi connectivity index (χ1v) is 6.76. The van der Waals surface area contributed by atoms with Crippen molar-refractivity contribution in [3.8, 4) is 11.3 Å². The summed E-state index contributed by atoms with van der Waals surface area (Å²) >= 11 is 9.13. The molecule has 0 atom stereocenters. The van der Waals surface area contributed by atoms with E-state index in [1.807, 2.05) is 18.5 Å². The number of thiophene rings is 1. The van der Waals surface area contributed by atoms with Crippen LogP contribution < -0.4 is 5.32 Å². The molecule has 0 spiro atoms. The summed E-state index contributed by atoms with van der Waals surface area (Å²) in [4.78, 5) is 4.56. The van der Waals surface area contributed by atoms with Crippen molar-refractivity contribution in [2.75, 3.05) is 13.6 Å². The Morgan fingerprint density at radius 1 is 1.40 bits per heavy atom. The molecular weight excluding hydrogens is 248 g/mol. The van der Waals surface area contributed by atoms with Gasteiger partial charge in [0.15, 0.2) is 0 Å². The van der Waals surface area contributed by atoms with Crippen molar-refractivity contribution in [3.63, 3.8) is 0 Å². The first-order chi connectivity index (χ1) is 7.29. The van der Waals surface area contributed by atoms with Gasteiger partial charge in [0, 0.05) is 29.3 Å². The van der Waals surface area contributed by atoms with Crippen LogP contribution in [0.5, 0.6) is 0 Å². The predicted molar refractivity (Wildman–Crippen MR) is 68.1 cm³/mol. The molecule has 80 valence electrons. The van der Waals surface area contributed by atoms with Crippen LogP contribution in [0.25, 0.3) is 11.3 Å². The average molecular weight is 259 g/mol. The molecule has 0 aromatic carbocycles. The van der Waals surface area contributed by atoms with Crippen LogP contribution in [0.1, 0.15) is 5.01 Å². The Labute approximate surface area is 102 Å². The molecule has 0 amide bonds.